The molecule has 1 aromatic rings. The third kappa shape index (κ3) is 1.47. The highest BCUT2D eigenvalue weighted by molar-refractivity contribution is 5.95. The van der Waals surface area contributed by atoms with E-state index in [4.69, 9.17) is 0 Å². The summed E-state index contributed by atoms with van der Waals surface area (Å²) < 4.78 is 0. The Balaban J connectivity index is 2.10. The van der Waals surface area contributed by atoms with Crippen molar-refractivity contribution in [3.05, 3.63) is 48.0 Å². The molecule has 1 aliphatic heterocycles. The average Bonchev–Trinajstić information content (AvgIpc) is 2.13. The molecule has 0 aromatic heterocycles. The summed E-state index contributed by atoms with van der Waals surface area (Å²) in [4.78, 5) is 13.4. The molecule has 1 heterocycles. The van der Waals surface area contributed by atoms with Crippen LogP contribution in [-0.4, -0.2) is 23.9 Å². The first-order chi connectivity index (χ1) is 6.27. The van der Waals surface area contributed by atoms with Crippen LogP contribution in [0.4, 0.5) is 0 Å². The van der Waals surface area contributed by atoms with Crippen molar-refractivity contribution < 1.29 is 4.79 Å². The molecule has 0 unspecified atom stereocenters. The van der Waals surface area contributed by atoms with Gasteiger partial charge in [-0.3, -0.25) is 4.79 Å². The van der Waals surface area contributed by atoms with Gasteiger partial charge in [0.15, 0.2) is 0 Å². The van der Waals surface area contributed by atoms with Gasteiger partial charge in [-0.25, -0.2) is 0 Å². The summed E-state index contributed by atoms with van der Waals surface area (Å²) in [5.74, 6) is 0.105. The Hall–Kier alpha value is -1.57. The molecule has 0 atom stereocenters. The normalized spacial score (nSPS) is 15.4. The topological polar surface area (TPSA) is 20.3 Å². The summed E-state index contributed by atoms with van der Waals surface area (Å²) in [6.45, 7) is 5.22. The fraction of sp³-hybridized carbons (Fsp3) is 0.182. The molecule has 0 spiro atoms. The second-order valence-electron chi connectivity index (χ2n) is 3.28. The van der Waals surface area contributed by atoms with Gasteiger partial charge in [-0.15, -0.1) is 0 Å². The first kappa shape index (κ1) is 8.05. The number of hydrogen-bond donors (Lipinski definition) is 0. The summed E-state index contributed by atoms with van der Waals surface area (Å²) in [5.41, 5.74) is 1.89. The van der Waals surface area contributed by atoms with Crippen LogP contribution >= 0.6 is 0 Å². The molecule has 2 rings (SSSR count). The van der Waals surface area contributed by atoms with Crippen LogP contribution in [0, 0.1) is 0 Å². The van der Waals surface area contributed by atoms with Gasteiger partial charge in [-0.2, -0.15) is 0 Å². The maximum absolute atomic E-state index is 11.7. The van der Waals surface area contributed by atoms with Gasteiger partial charge in [0.25, 0.3) is 5.91 Å². The van der Waals surface area contributed by atoms with E-state index in [0.29, 0.717) is 13.1 Å². The largest absolute Gasteiger partial charge is 0.331 e. The lowest BCUT2D eigenvalue weighted by molar-refractivity contribution is 0.0728. The minimum Gasteiger partial charge on any atom is -0.331 e. The van der Waals surface area contributed by atoms with E-state index < -0.39 is 0 Å². The van der Waals surface area contributed by atoms with Crippen molar-refractivity contribution in [2.24, 2.45) is 0 Å². The monoisotopic (exact) mass is 173 g/mol. The van der Waals surface area contributed by atoms with Crippen molar-refractivity contribution in [2.45, 2.75) is 0 Å². The number of rotatable bonds is 1. The number of nitrogens with zero attached hydrogens (tertiary/aromatic N) is 1. The SMILES string of the molecule is C=C1CN(C(=O)c2ccccc2)C1. The first-order valence-corrected chi connectivity index (χ1v) is 4.28. The maximum Gasteiger partial charge on any atom is 0.254 e. The molecular weight excluding hydrogens is 162 g/mol. The second-order valence-corrected chi connectivity index (χ2v) is 3.28. The fourth-order valence-corrected chi connectivity index (χ4v) is 1.40. The predicted molar refractivity (Wildman–Crippen MR) is 51.5 cm³/mol. The lowest BCUT2D eigenvalue weighted by atomic mass is 10.1. The smallest absolute Gasteiger partial charge is 0.254 e. The number of carbonyl (C=O) groups is 1. The van der Waals surface area contributed by atoms with Crippen molar-refractivity contribution in [2.75, 3.05) is 13.1 Å². The van der Waals surface area contributed by atoms with Gasteiger partial charge in [-0.1, -0.05) is 24.8 Å². The Labute approximate surface area is 77.5 Å². The van der Waals surface area contributed by atoms with Gasteiger partial charge in [0.05, 0.1) is 0 Å². The van der Waals surface area contributed by atoms with Crippen LogP contribution in [-0.2, 0) is 0 Å². The van der Waals surface area contributed by atoms with Crippen molar-refractivity contribution >= 4 is 5.91 Å². The number of benzene rings is 1. The van der Waals surface area contributed by atoms with Crippen LogP contribution in [0.5, 0.6) is 0 Å². The number of likely N-dealkylation sites (tertiary alicyclic amines) is 1. The van der Waals surface area contributed by atoms with E-state index in [1.165, 1.54) is 0 Å². The van der Waals surface area contributed by atoms with E-state index >= 15 is 0 Å². The summed E-state index contributed by atoms with van der Waals surface area (Å²) in [6.07, 6.45) is 0. The van der Waals surface area contributed by atoms with E-state index in [1.807, 2.05) is 30.3 Å². The third-order valence-corrected chi connectivity index (χ3v) is 2.14. The highest BCUT2D eigenvalue weighted by atomic mass is 16.2. The average molecular weight is 173 g/mol. The Bertz CT molecular complexity index is 334. The Kier molecular flexibility index (Phi) is 1.89. The van der Waals surface area contributed by atoms with Crippen LogP contribution in [0.25, 0.3) is 0 Å². The molecule has 0 saturated carbocycles. The molecule has 0 N–H and O–H groups in total. The van der Waals surface area contributed by atoms with Gasteiger partial charge in [0, 0.05) is 18.7 Å². The van der Waals surface area contributed by atoms with Crippen LogP contribution < -0.4 is 0 Å². The summed E-state index contributed by atoms with van der Waals surface area (Å²) in [5, 5.41) is 0. The first-order valence-electron chi connectivity index (χ1n) is 4.28. The quantitative estimate of drug-likeness (QED) is 0.592. The highest BCUT2D eigenvalue weighted by Crippen LogP contribution is 2.15. The van der Waals surface area contributed by atoms with E-state index in [1.54, 1.807) is 4.90 Å². The van der Waals surface area contributed by atoms with Gasteiger partial charge in [0.2, 0.25) is 0 Å². The minimum absolute atomic E-state index is 0.105. The zero-order chi connectivity index (χ0) is 9.26. The van der Waals surface area contributed by atoms with Crippen molar-refractivity contribution in [1.29, 1.82) is 0 Å². The molecular formula is C11H11NO. The Morgan fingerprint density at radius 1 is 1.23 bits per heavy atom. The van der Waals surface area contributed by atoms with E-state index in [2.05, 4.69) is 6.58 Å². The second kappa shape index (κ2) is 3.05. The van der Waals surface area contributed by atoms with E-state index in [9.17, 15) is 4.79 Å². The molecule has 66 valence electrons. The highest BCUT2D eigenvalue weighted by Gasteiger charge is 2.23. The molecule has 2 heteroatoms. The molecule has 1 saturated heterocycles. The summed E-state index contributed by atoms with van der Waals surface area (Å²) in [6, 6.07) is 9.34. The Morgan fingerprint density at radius 2 is 1.85 bits per heavy atom. The number of hydrogen-bond acceptors (Lipinski definition) is 1. The summed E-state index contributed by atoms with van der Waals surface area (Å²) in [7, 11) is 0. The molecule has 1 aliphatic rings. The minimum atomic E-state index is 0.105. The van der Waals surface area contributed by atoms with Crippen LogP contribution in [0.3, 0.4) is 0 Å². The van der Waals surface area contributed by atoms with Gasteiger partial charge in [-0.05, 0) is 17.7 Å². The molecule has 0 radical (unpaired) electrons. The van der Waals surface area contributed by atoms with Crippen LogP contribution in [0.1, 0.15) is 10.4 Å². The predicted octanol–water partition coefficient (Wildman–Crippen LogP) is 1.70. The zero-order valence-corrected chi connectivity index (χ0v) is 7.36. The molecule has 13 heavy (non-hydrogen) atoms. The molecule has 2 nitrogen and oxygen atoms in total. The molecule has 0 aliphatic carbocycles. The standard InChI is InChI=1S/C11H11NO/c1-9-7-12(8-9)11(13)10-5-3-2-4-6-10/h2-6H,1,7-8H2. The third-order valence-electron chi connectivity index (χ3n) is 2.14. The molecule has 1 amide bonds. The maximum atomic E-state index is 11.7. The van der Waals surface area contributed by atoms with E-state index in [-0.39, 0.29) is 5.91 Å². The van der Waals surface area contributed by atoms with Gasteiger partial charge < -0.3 is 4.90 Å². The summed E-state index contributed by atoms with van der Waals surface area (Å²) >= 11 is 0. The van der Waals surface area contributed by atoms with Crippen LogP contribution in [0.2, 0.25) is 0 Å². The molecule has 1 aromatic carbocycles. The number of amides is 1. The Morgan fingerprint density at radius 3 is 2.38 bits per heavy atom. The van der Waals surface area contributed by atoms with Gasteiger partial charge >= 0.3 is 0 Å². The number of carbonyl (C=O) groups excluding carboxylic acids is 1. The van der Waals surface area contributed by atoms with Gasteiger partial charge in [0.1, 0.15) is 0 Å². The van der Waals surface area contributed by atoms with Crippen LogP contribution in [0.15, 0.2) is 42.5 Å². The van der Waals surface area contributed by atoms with Crippen molar-refractivity contribution in [3.63, 3.8) is 0 Å². The van der Waals surface area contributed by atoms with Crippen molar-refractivity contribution in [3.8, 4) is 0 Å². The fourth-order valence-electron chi connectivity index (χ4n) is 1.40. The molecule has 0 bridgehead atoms. The molecule has 1 fully saturated rings. The zero-order valence-electron chi connectivity index (χ0n) is 7.36. The van der Waals surface area contributed by atoms with E-state index in [0.717, 1.165) is 11.1 Å². The lowest BCUT2D eigenvalue weighted by Gasteiger charge is -2.33. The van der Waals surface area contributed by atoms with Crippen molar-refractivity contribution in [1.82, 2.24) is 4.90 Å². The lowest BCUT2D eigenvalue weighted by Crippen LogP contribution is -2.43.